The Morgan fingerprint density at radius 3 is 2.12 bits per heavy atom. The molecule has 0 aromatic heterocycles. The Hall–Kier alpha value is -1.10. The second-order valence-corrected chi connectivity index (χ2v) is 5.31. The van der Waals surface area contributed by atoms with E-state index in [9.17, 15) is 9.59 Å². The van der Waals surface area contributed by atoms with Crippen LogP contribution in [0.4, 0.5) is 0 Å². The van der Waals surface area contributed by atoms with Gasteiger partial charge in [-0.1, -0.05) is 33.1 Å². The highest BCUT2D eigenvalue weighted by molar-refractivity contribution is 5.91. The van der Waals surface area contributed by atoms with Crippen molar-refractivity contribution in [2.45, 2.75) is 57.5 Å². The predicted octanol–water partition coefficient (Wildman–Crippen LogP) is 0.274. The summed E-state index contributed by atoms with van der Waals surface area (Å²) < 4.78 is 0. The Bertz CT molecular complexity index is 296. The molecule has 0 bridgehead atoms. The number of carbonyl (C=O) groups excluding carboxylic acids is 2. The summed E-state index contributed by atoms with van der Waals surface area (Å²) in [6.07, 6.45) is 4.42. The fourth-order valence-corrected chi connectivity index (χ4v) is 2.26. The zero-order chi connectivity index (χ0) is 13.1. The lowest BCUT2D eigenvalue weighted by Crippen LogP contribution is -2.60. The number of carbonyl (C=O) groups is 2. The van der Waals surface area contributed by atoms with Gasteiger partial charge in [-0.05, 0) is 18.8 Å². The SMILES string of the molecule is CC(C)C(NC(=O)C1(N)CCCCC1)C(N)=O. The average Bonchev–Trinajstić information content (AvgIpc) is 2.25. The molecule has 1 aliphatic carbocycles. The van der Waals surface area contributed by atoms with E-state index < -0.39 is 17.5 Å². The van der Waals surface area contributed by atoms with E-state index in [1.807, 2.05) is 13.8 Å². The Morgan fingerprint density at radius 1 is 1.18 bits per heavy atom. The quantitative estimate of drug-likeness (QED) is 0.659. The van der Waals surface area contributed by atoms with Crippen molar-refractivity contribution in [1.82, 2.24) is 5.32 Å². The number of nitrogens with one attached hydrogen (secondary N) is 1. The first-order valence-corrected chi connectivity index (χ1v) is 6.26. The molecule has 1 saturated carbocycles. The molecule has 0 aromatic carbocycles. The summed E-state index contributed by atoms with van der Waals surface area (Å²) in [6, 6.07) is -0.634. The summed E-state index contributed by atoms with van der Waals surface area (Å²) >= 11 is 0. The average molecular weight is 241 g/mol. The van der Waals surface area contributed by atoms with E-state index in [2.05, 4.69) is 5.32 Å². The molecule has 0 aromatic rings. The fourth-order valence-electron chi connectivity index (χ4n) is 2.26. The highest BCUT2D eigenvalue weighted by Gasteiger charge is 2.37. The van der Waals surface area contributed by atoms with Crippen LogP contribution in [-0.4, -0.2) is 23.4 Å². The third kappa shape index (κ3) is 3.43. The van der Waals surface area contributed by atoms with Gasteiger partial charge in [0.15, 0.2) is 0 Å². The van der Waals surface area contributed by atoms with Crippen LogP contribution in [0.25, 0.3) is 0 Å². The van der Waals surface area contributed by atoms with Crippen molar-refractivity contribution in [2.24, 2.45) is 17.4 Å². The zero-order valence-electron chi connectivity index (χ0n) is 10.7. The van der Waals surface area contributed by atoms with Crippen molar-refractivity contribution in [3.8, 4) is 0 Å². The van der Waals surface area contributed by atoms with Crippen LogP contribution in [0, 0.1) is 5.92 Å². The maximum absolute atomic E-state index is 12.1. The summed E-state index contributed by atoms with van der Waals surface area (Å²) in [5.41, 5.74) is 10.5. The van der Waals surface area contributed by atoms with Gasteiger partial charge < -0.3 is 16.8 Å². The first-order chi connectivity index (χ1) is 7.87. The van der Waals surface area contributed by atoms with Crippen molar-refractivity contribution in [3.05, 3.63) is 0 Å². The zero-order valence-corrected chi connectivity index (χ0v) is 10.7. The normalized spacial score (nSPS) is 20.9. The molecule has 1 atom stereocenters. The van der Waals surface area contributed by atoms with E-state index in [1.165, 1.54) is 0 Å². The van der Waals surface area contributed by atoms with Gasteiger partial charge in [-0.25, -0.2) is 0 Å². The Morgan fingerprint density at radius 2 is 1.71 bits per heavy atom. The van der Waals surface area contributed by atoms with Crippen LogP contribution in [0.1, 0.15) is 46.0 Å². The van der Waals surface area contributed by atoms with Crippen LogP contribution in [-0.2, 0) is 9.59 Å². The maximum Gasteiger partial charge on any atom is 0.240 e. The first kappa shape index (κ1) is 14.0. The molecule has 17 heavy (non-hydrogen) atoms. The van der Waals surface area contributed by atoms with E-state index in [-0.39, 0.29) is 11.8 Å². The van der Waals surface area contributed by atoms with Crippen LogP contribution in [0.3, 0.4) is 0 Å². The fraction of sp³-hybridized carbons (Fsp3) is 0.833. The van der Waals surface area contributed by atoms with Gasteiger partial charge in [-0.2, -0.15) is 0 Å². The summed E-state index contributed by atoms with van der Waals surface area (Å²) in [5.74, 6) is -0.772. The van der Waals surface area contributed by atoms with Crippen LogP contribution >= 0.6 is 0 Å². The molecule has 0 saturated heterocycles. The molecule has 0 heterocycles. The van der Waals surface area contributed by atoms with E-state index in [1.54, 1.807) is 0 Å². The van der Waals surface area contributed by atoms with Crippen molar-refractivity contribution in [1.29, 1.82) is 0 Å². The molecule has 98 valence electrons. The first-order valence-electron chi connectivity index (χ1n) is 6.26. The number of primary amides is 1. The van der Waals surface area contributed by atoms with Crippen LogP contribution < -0.4 is 16.8 Å². The largest absolute Gasteiger partial charge is 0.368 e. The van der Waals surface area contributed by atoms with E-state index in [4.69, 9.17) is 11.5 Å². The molecule has 5 nitrogen and oxygen atoms in total. The highest BCUT2D eigenvalue weighted by Crippen LogP contribution is 2.26. The summed E-state index contributed by atoms with van der Waals surface area (Å²) in [5, 5.41) is 2.69. The molecule has 5 heteroatoms. The van der Waals surface area contributed by atoms with Crippen molar-refractivity contribution in [2.75, 3.05) is 0 Å². The van der Waals surface area contributed by atoms with Crippen molar-refractivity contribution >= 4 is 11.8 Å². The second-order valence-electron chi connectivity index (χ2n) is 5.31. The van der Waals surface area contributed by atoms with Crippen LogP contribution in [0.15, 0.2) is 0 Å². The molecular weight excluding hydrogens is 218 g/mol. The molecule has 0 spiro atoms. The van der Waals surface area contributed by atoms with Gasteiger partial charge in [0.05, 0.1) is 5.54 Å². The van der Waals surface area contributed by atoms with Gasteiger partial charge in [0, 0.05) is 0 Å². The van der Waals surface area contributed by atoms with Crippen molar-refractivity contribution < 1.29 is 9.59 Å². The lowest BCUT2D eigenvalue weighted by Gasteiger charge is -2.33. The molecule has 5 N–H and O–H groups in total. The second kappa shape index (κ2) is 5.49. The molecule has 1 unspecified atom stereocenters. The van der Waals surface area contributed by atoms with Crippen LogP contribution in [0.2, 0.25) is 0 Å². The Balaban J connectivity index is 2.66. The molecule has 0 radical (unpaired) electrons. The molecule has 1 rings (SSSR count). The van der Waals surface area contributed by atoms with Gasteiger partial charge in [0.1, 0.15) is 6.04 Å². The van der Waals surface area contributed by atoms with Gasteiger partial charge in [0.2, 0.25) is 11.8 Å². The van der Waals surface area contributed by atoms with Gasteiger partial charge in [-0.3, -0.25) is 9.59 Å². The predicted molar refractivity (Wildman–Crippen MR) is 66.0 cm³/mol. The summed E-state index contributed by atoms with van der Waals surface area (Å²) in [6.45, 7) is 3.69. The standard InChI is InChI=1S/C12H23N3O2/c1-8(2)9(10(13)16)15-11(17)12(14)6-4-3-5-7-12/h8-9H,3-7,14H2,1-2H3,(H2,13,16)(H,15,17). The molecule has 1 aliphatic rings. The Labute approximate surface area is 102 Å². The molecule has 2 amide bonds. The number of nitrogens with two attached hydrogens (primary N) is 2. The third-order valence-electron chi connectivity index (χ3n) is 3.46. The third-order valence-corrected chi connectivity index (χ3v) is 3.46. The monoisotopic (exact) mass is 241 g/mol. The van der Waals surface area contributed by atoms with Crippen molar-refractivity contribution in [3.63, 3.8) is 0 Å². The maximum atomic E-state index is 12.1. The number of hydrogen-bond donors (Lipinski definition) is 3. The number of hydrogen-bond acceptors (Lipinski definition) is 3. The lowest BCUT2D eigenvalue weighted by molar-refractivity contribution is -0.132. The minimum absolute atomic E-state index is 0.0244. The molecular formula is C12H23N3O2. The van der Waals surface area contributed by atoms with E-state index in [0.29, 0.717) is 12.8 Å². The molecule has 0 aliphatic heterocycles. The van der Waals surface area contributed by atoms with Gasteiger partial charge >= 0.3 is 0 Å². The highest BCUT2D eigenvalue weighted by atomic mass is 16.2. The minimum atomic E-state index is -0.819. The smallest absolute Gasteiger partial charge is 0.240 e. The van der Waals surface area contributed by atoms with E-state index >= 15 is 0 Å². The lowest BCUT2D eigenvalue weighted by atomic mass is 9.81. The summed E-state index contributed by atoms with van der Waals surface area (Å²) in [7, 11) is 0. The topological polar surface area (TPSA) is 98.2 Å². The van der Waals surface area contributed by atoms with Crippen LogP contribution in [0.5, 0.6) is 0 Å². The summed E-state index contributed by atoms with van der Waals surface area (Å²) in [4.78, 5) is 23.3. The molecule has 1 fully saturated rings. The minimum Gasteiger partial charge on any atom is -0.368 e. The number of rotatable bonds is 4. The Kier molecular flexibility index (Phi) is 4.51. The van der Waals surface area contributed by atoms with Gasteiger partial charge in [0.25, 0.3) is 0 Å². The number of amides is 2. The van der Waals surface area contributed by atoms with E-state index in [0.717, 1.165) is 19.3 Å². The van der Waals surface area contributed by atoms with Gasteiger partial charge in [-0.15, -0.1) is 0 Å².